The maximum atomic E-state index is 10.9. The lowest BCUT2D eigenvalue weighted by atomic mass is 10.1. The molecule has 6 heteroatoms. The Morgan fingerprint density at radius 3 is 2.21 bits per heavy atom. The minimum absolute atomic E-state index is 0.0139. The predicted molar refractivity (Wildman–Crippen MR) is 77.2 cm³/mol. The molecule has 0 saturated heterocycles. The van der Waals surface area contributed by atoms with E-state index in [1.54, 1.807) is 0 Å². The molecule has 106 valence electrons. The SMILES string of the molecule is CC(C)CN(CC(C)C)c1cc([N+](=O)[O-])cc(N)n1. The van der Waals surface area contributed by atoms with Crippen molar-refractivity contribution in [2.24, 2.45) is 11.8 Å². The van der Waals surface area contributed by atoms with E-state index in [9.17, 15) is 10.1 Å². The summed E-state index contributed by atoms with van der Waals surface area (Å²) in [6.45, 7) is 10.0. The van der Waals surface area contributed by atoms with Gasteiger partial charge in [0.1, 0.15) is 11.6 Å². The summed E-state index contributed by atoms with van der Waals surface area (Å²) in [7, 11) is 0. The van der Waals surface area contributed by atoms with Crippen LogP contribution in [0.3, 0.4) is 0 Å². The molecule has 0 aliphatic rings. The maximum Gasteiger partial charge on any atom is 0.276 e. The van der Waals surface area contributed by atoms with Gasteiger partial charge in [0.15, 0.2) is 0 Å². The van der Waals surface area contributed by atoms with Crippen molar-refractivity contribution in [3.05, 3.63) is 22.2 Å². The summed E-state index contributed by atoms with van der Waals surface area (Å²) in [4.78, 5) is 16.7. The van der Waals surface area contributed by atoms with Crippen molar-refractivity contribution in [3.8, 4) is 0 Å². The summed E-state index contributed by atoms with van der Waals surface area (Å²) in [5.74, 6) is 1.65. The van der Waals surface area contributed by atoms with Gasteiger partial charge >= 0.3 is 0 Å². The molecule has 1 heterocycles. The van der Waals surface area contributed by atoms with Crippen molar-refractivity contribution >= 4 is 17.3 Å². The Balaban J connectivity index is 3.09. The van der Waals surface area contributed by atoms with Crippen LogP contribution in [0.4, 0.5) is 17.3 Å². The van der Waals surface area contributed by atoms with E-state index in [1.165, 1.54) is 12.1 Å². The molecule has 0 radical (unpaired) electrons. The normalized spacial score (nSPS) is 11.1. The third-order valence-corrected chi connectivity index (χ3v) is 2.52. The average Bonchev–Trinajstić information content (AvgIpc) is 2.25. The highest BCUT2D eigenvalue weighted by molar-refractivity contribution is 5.54. The number of pyridine rings is 1. The fraction of sp³-hybridized carbons (Fsp3) is 0.615. The highest BCUT2D eigenvalue weighted by atomic mass is 16.6. The first kappa shape index (κ1) is 15.2. The highest BCUT2D eigenvalue weighted by Crippen LogP contribution is 2.23. The van der Waals surface area contributed by atoms with Crippen LogP contribution in [-0.2, 0) is 0 Å². The summed E-state index contributed by atoms with van der Waals surface area (Å²) in [5.41, 5.74) is 5.64. The van der Waals surface area contributed by atoms with Gasteiger partial charge in [-0.15, -0.1) is 0 Å². The molecule has 6 nitrogen and oxygen atoms in total. The molecule has 0 bridgehead atoms. The fourth-order valence-corrected chi connectivity index (χ4v) is 1.93. The summed E-state index contributed by atoms with van der Waals surface area (Å²) >= 11 is 0. The van der Waals surface area contributed by atoms with Crippen LogP contribution in [0, 0.1) is 22.0 Å². The molecule has 0 amide bonds. The zero-order valence-corrected chi connectivity index (χ0v) is 12.0. The topological polar surface area (TPSA) is 85.3 Å². The Hall–Kier alpha value is -1.85. The monoisotopic (exact) mass is 266 g/mol. The van der Waals surface area contributed by atoms with Crippen LogP contribution >= 0.6 is 0 Å². The molecule has 19 heavy (non-hydrogen) atoms. The molecule has 0 unspecified atom stereocenters. The number of nitro groups is 1. The Morgan fingerprint density at radius 1 is 1.26 bits per heavy atom. The smallest absolute Gasteiger partial charge is 0.276 e. The van der Waals surface area contributed by atoms with Crippen LogP contribution in [-0.4, -0.2) is 23.0 Å². The Kier molecular flexibility index (Phi) is 5.09. The molecule has 0 atom stereocenters. The van der Waals surface area contributed by atoms with E-state index in [0.717, 1.165) is 13.1 Å². The fourth-order valence-electron chi connectivity index (χ4n) is 1.93. The van der Waals surface area contributed by atoms with Crippen LogP contribution in [0.15, 0.2) is 12.1 Å². The van der Waals surface area contributed by atoms with Gasteiger partial charge in [-0.2, -0.15) is 0 Å². The molecule has 0 aliphatic heterocycles. The van der Waals surface area contributed by atoms with Gasteiger partial charge in [-0.1, -0.05) is 27.7 Å². The number of hydrogen-bond donors (Lipinski definition) is 1. The molecule has 0 fully saturated rings. The van der Waals surface area contributed by atoms with E-state index in [0.29, 0.717) is 17.7 Å². The molecule has 1 aromatic rings. The molecule has 0 aliphatic carbocycles. The number of anilines is 2. The van der Waals surface area contributed by atoms with Crippen molar-refractivity contribution in [3.63, 3.8) is 0 Å². The largest absolute Gasteiger partial charge is 0.383 e. The minimum atomic E-state index is -0.440. The van der Waals surface area contributed by atoms with E-state index < -0.39 is 4.92 Å². The maximum absolute atomic E-state index is 10.9. The molecule has 1 rings (SSSR count). The average molecular weight is 266 g/mol. The van der Waals surface area contributed by atoms with Crippen molar-refractivity contribution in [1.82, 2.24) is 4.98 Å². The molecule has 0 spiro atoms. The zero-order valence-electron chi connectivity index (χ0n) is 12.0. The van der Waals surface area contributed by atoms with Gasteiger partial charge in [-0.25, -0.2) is 4.98 Å². The Labute approximate surface area is 113 Å². The van der Waals surface area contributed by atoms with Gasteiger partial charge in [0, 0.05) is 13.1 Å². The third-order valence-electron chi connectivity index (χ3n) is 2.52. The molecule has 0 aromatic carbocycles. The van der Waals surface area contributed by atoms with Crippen LogP contribution in [0.25, 0.3) is 0 Å². The van der Waals surface area contributed by atoms with Crippen molar-refractivity contribution in [2.45, 2.75) is 27.7 Å². The van der Waals surface area contributed by atoms with Crippen molar-refractivity contribution in [2.75, 3.05) is 23.7 Å². The summed E-state index contributed by atoms with van der Waals surface area (Å²) in [5, 5.41) is 10.9. The molecule has 1 aromatic heterocycles. The Bertz CT molecular complexity index is 436. The Morgan fingerprint density at radius 2 is 1.79 bits per heavy atom. The van der Waals surface area contributed by atoms with Crippen LogP contribution in [0.1, 0.15) is 27.7 Å². The van der Waals surface area contributed by atoms with Crippen molar-refractivity contribution in [1.29, 1.82) is 0 Å². The number of rotatable bonds is 6. The summed E-state index contributed by atoms with van der Waals surface area (Å²) < 4.78 is 0. The second-order valence-corrected chi connectivity index (χ2v) is 5.56. The first-order valence-corrected chi connectivity index (χ1v) is 6.46. The lowest BCUT2D eigenvalue weighted by Gasteiger charge is -2.27. The van der Waals surface area contributed by atoms with E-state index in [1.807, 2.05) is 0 Å². The van der Waals surface area contributed by atoms with E-state index >= 15 is 0 Å². The second kappa shape index (κ2) is 6.36. The number of aromatic nitrogens is 1. The highest BCUT2D eigenvalue weighted by Gasteiger charge is 2.16. The molecular weight excluding hydrogens is 244 g/mol. The second-order valence-electron chi connectivity index (χ2n) is 5.56. The zero-order chi connectivity index (χ0) is 14.6. The van der Waals surface area contributed by atoms with Gasteiger partial charge in [0.2, 0.25) is 0 Å². The lowest BCUT2D eigenvalue weighted by Crippen LogP contribution is -2.32. The van der Waals surface area contributed by atoms with Crippen LogP contribution in [0.5, 0.6) is 0 Å². The number of nitrogens with zero attached hydrogens (tertiary/aromatic N) is 3. The first-order valence-electron chi connectivity index (χ1n) is 6.46. The van der Waals surface area contributed by atoms with Gasteiger partial charge in [0.25, 0.3) is 5.69 Å². The molecule has 2 N–H and O–H groups in total. The number of nitrogen functional groups attached to an aromatic ring is 1. The van der Waals surface area contributed by atoms with Gasteiger partial charge in [-0.05, 0) is 11.8 Å². The minimum Gasteiger partial charge on any atom is -0.383 e. The van der Waals surface area contributed by atoms with Gasteiger partial charge < -0.3 is 10.6 Å². The van der Waals surface area contributed by atoms with Crippen molar-refractivity contribution < 1.29 is 4.92 Å². The molecular formula is C13H22N4O2. The van der Waals surface area contributed by atoms with E-state index in [-0.39, 0.29) is 11.5 Å². The van der Waals surface area contributed by atoms with E-state index in [2.05, 4.69) is 37.6 Å². The third kappa shape index (κ3) is 4.73. The van der Waals surface area contributed by atoms with Crippen LogP contribution in [0.2, 0.25) is 0 Å². The van der Waals surface area contributed by atoms with E-state index in [4.69, 9.17) is 5.73 Å². The van der Waals surface area contributed by atoms with Gasteiger partial charge in [0.05, 0.1) is 17.1 Å². The lowest BCUT2D eigenvalue weighted by molar-refractivity contribution is -0.384. The standard InChI is InChI=1S/C13H22N4O2/c1-9(2)7-16(8-10(3)4)13-6-11(17(18)19)5-12(14)15-13/h5-6,9-10H,7-8H2,1-4H3,(H2,14,15). The quantitative estimate of drug-likeness (QED) is 0.632. The summed E-state index contributed by atoms with van der Waals surface area (Å²) in [6, 6.07) is 2.77. The first-order chi connectivity index (χ1) is 8.79. The number of hydrogen-bond acceptors (Lipinski definition) is 5. The predicted octanol–water partition coefficient (Wildman–Crippen LogP) is 2.69. The summed E-state index contributed by atoms with van der Waals surface area (Å²) in [6.07, 6.45) is 0. The van der Waals surface area contributed by atoms with Crippen LogP contribution < -0.4 is 10.6 Å². The number of nitrogens with two attached hydrogens (primary N) is 1. The van der Waals surface area contributed by atoms with Gasteiger partial charge in [-0.3, -0.25) is 10.1 Å². The molecule has 0 saturated carbocycles.